The average Bonchev–Trinajstić information content (AvgIpc) is 4.04. The number of para-hydroxylation sites is 4. The van der Waals surface area contributed by atoms with Crippen molar-refractivity contribution in [3.8, 4) is 44.3 Å². The first-order valence-corrected chi connectivity index (χ1v) is 19.9. The summed E-state index contributed by atoms with van der Waals surface area (Å²) in [5, 5.41) is 9.16. The molecule has 6 heteroatoms. The Labute approximate surface area is 329 Å². The van der Waals surface area contributed by atoms with Crippen LogP contribution in [0.1, 0.15) is 0 Å². The molecule has 5 heterocycles. The molecule has 0 amide bonds. The summed E-state index contributed by atoms with van der Waals surface area (Å²) in [6, 6.07) is 59.8. The number of thiazole rings is 1. The van der Waals surface area contributed by atoms with Crippen LogP contribution in [0.2, 0.25) is 0 Å². The average molecular weight is 745 g/mol. The van der Waals surface area contributed by atoms with Crippen LogP contribution in [0.25, 0.3) is 125 Å². The molecule has 0 fully saturated rings. The highest BCUT2D eigenvalue weighted by atomic mass is 32.1. The van der Waals surface area contributed by atoms with Crippen LogP contribution in [-0.2, 0) is 0 Å². The molecule has 0 saturated heterocycles. The molecule has 264 valence electrons. The van der Waals surface area contributed by atoms with Gasteiger partial charge in [-0.15, -0.1) is 11.3 Å². The standard InChI is InChI=1S/C51H28N4OS/c1-2-12-29(13-3-1)51-53-41-28-38-33-16-5-8-22-42(33)55-43-25-24-31(27-39(43)45(47(38)55)49(41)57-51)30-14-10-15-32(26-30)50-52-40-21-7-4-18-36(40)46(54-50)37-20-11-19-35-34-17-6-9-23-44(34)56-48(35)37/h1-28H. The molecule has 0 aliphatic carbocycles. The quantitative estimate of drug-likeness (QED) is 0.180. The Morgan fingerprint density at radius 3 is 2.11 bits per heavy atom. The minimum Gasteiger partial charge on any atom is -0.455 e. The Balaban J connectivity index is 1.01. The summed E-state index contributed by atoms with van der Waals surface area (Å²) < 4.78 is 10.2. The van der Waals surface area contributed by atoms with Crippen LogP contribution in [0, 0.1) is 0 Å². The second-order valence-corrected chi connectivity index (χ2v) is 15.7. The lowest BCUT2D eigenvalue weighted by atomic mass is 9.99. The van der Waals surface area contributed by atoms with E-state index in [2.05, 4.69) is 150 Å². The Hall–Kier alpha value is -7.41. The summed E-state index contributed by atoms with van der Waals surface area (Å²) in [7, 11) is 0. The zero-order valence-electron chi connectivity index (χ0n) is 30.3. The van der Waals surface area contributed by atoms with Crippen molar-refractivity contribution in [1.82, 2.24) is 19.4 Å². The maximum absolute atomic E-state index is 6.49. The highest BCUT2D eigenvalue weighted by Crippen LogP contribution is 2.47. The van der Waals surface area contributed by atoms with Crippen LogP contribution in [0.15, 0.2) is 174 Å². The second-order valence-electron chi connectivity index (χ2n) is 14.7. The van der Waals surface area contributed by atoms with E-state index in [4.69, 9.17) is 19.4 Å². The van der Waals surface area contributed by atoms with E-state index in [1.54, 1.807) is 11.3 Å². The van der Waals surface area contributed by atoms with Gasteiger partial charge in [-0.3, -0.25) is 0 Å². The van der Waals surface area contributed by atoms with Gasteiger partial charge in [-0.25, -0.2) is 15.0 Å². The van der Waals surface area contributed by atoms with Crippen molar-refractivity contribution >= 4 is 92.5 Å². The van der Waals surface area contributed by atoms with E-state index in [0.717, 1.165) is 76.9 Å². The van der Waals surface area contributed by atoms with Crippen molar-refractivity contribution in [2.75, 3.05) is 0 Å². The molecule has 0 N–H and O–H groups in total. The van der Waals surface area contributed by atoms with E-state index in [0.29, 0.717) is 5.82 Å². The lowest BCUT2D eigenvalue weighted by Crippen LogP contribution is -1.95. The Morgan fingerprint density at radius 1 is 0.456 bits per heavy atom. The molecule has 5 nitrogen and oxygen atoms in total. The van der Waals surface area contributed by atoms with E-state index in [1.807, 2.05) is 24.3 Å². The van der Waals surface area contributed by atoms with E-state index in [9.17, 15) is 0 Å². The van der Waals surface area contributed by atoms with E-state index < -0.39 is 0 Å². The van der Waals surface area contributed by atoms with Crippen molar-refractivity contribution in [2.45, 2.75) is 0 Å². The monoisotopic (exact) mass is 744 g/mol. The first-order chi connectivity index (χ1) is 28.2. The van der Waals surface area contributed by atoms with Gasteiger partial charge in [0.2, 0.25) is 0 Å². The number of hydrogen-bond acceptors (Lipinski definition) is 5. The van der Waals surface area contributed by atoms with Crippen molar-refractivity contribution in [3.63, 3.8) is 0 Å². The third-order valence-electron chi connectivity index (χ3n) is 11.6. The summed E-state index contributed by atoms with van der Waals surface area (Å²) >= 11 is 1.78. The van der Waals surface area contributed by atoms with E-state index in [-0.39, 0.29) is 0 Å². The van der Waals surface area contributed by atoms with Crippen molar-refractivity contribution in [1.29, 1.82) is 0 Å². The third-order valence-corrected chi connectivity index (χ3v) is 12.7. The minimum atomic E-state index is 0.673. The molecule has 8 aromatic carbocycles. The van der Waals surface area contributed by atoms with Gasteiger partial charge in [-0.05, 0) is 59.7 Å². The van der Waals surface area contributed by atoms with Crippen LogP contribution in [-0.4, -0.2) is 19.4 Å². The van der Waals surface area contributed by atoms with Gasteiger partial charge in [-0.1, -0.05) is 121 Å². The zero-order valence-corrected chi connectivity index (χ0v) is 31.1. The van der Waals surface area contributed by atoms with Crippen LogP contribution in [0.5, 0.6) is 0 Å². The van der Waals surface area contributed by atoms with Crippen molar-refractivity contribution < 1.29 is 4.42 Å². The van der Waals surface area contributed by atoms with Crippen molar-refractivity contribution in [3.05, 3.63) is 170 Å². The molecule has 13 aromatic rings. The van der Waals surface area contributed by atoms with Crippen molar-refractivity contribution in [2.24, 2.45) is 0 Å². The number of furan rings is 1. The van der Waals surface area contributed by atoms with Gasteiger partial charge in [0.1, 0.15) is 16.2 Å². The summed E-state index contributed by atoms with van der Waals surface area (Å²) in [5.74, 6) is 0.673. The lowest BCUT2D eigenvalue weighted by molar-refractivity contribution is 0.670. The van der Waals surface area contributed by atoms with E-state index >= 15 is 0 Å². The fourth-order valence-electron chi connectivity index (χ4n) is 9.01. The molecular formula is C51H28N4OS. The second kappa shape index (κ2) is 11.6. The molecule has 0 aliphatic rings. The summed E-state index contributed by atoms with van der Waals surface area (Å²) in [5.41, 5.74) is 13.4. The molecule has 0 atom stereocenters. The Kier molecular flexibility index (Phi) is 6.26. The summed E-state index contributed by atoms with van der Waals surface area (Å²) in [6.45, 7) is 0. The van der Waals surface area contributed by atoms with Gasteiger partial charge < -0.3 is 8.82 Å². The molecule has 0 aliphatic heterocycles. The maximum atomic E-state index is 6.49. The topological polar surface area (TPSA) is 56.2 Å². The highest BCUT2D eigenvalue weighted by molar-refractivity contribution is 7.22. The fourth-order valence-corrected chi connectivity index (χ4v) is 10.1. The van der Waals surface area contributed by atoms with Gasteiger partial charge in [0.15, 0.2) is 5.82 Å². The number of nitrogens with zero attached hydrogens (tertiary/aromatic N) is 4. The number of fused-ring (bicyclic) bond motifs is 12. The third kappa shape index (κ3) is 4.41. The molecule has 5 aromatic heterocycles. The van der Waals surface area contributed by atoms with Gasteiger partial charge in [0, 0.05) is 54.4 Å². The fraction of sp³-hybridized carbons (Fsp3) is 0. The molecule has 57 heavy (non-hydrogen) atoms. The molecule has 0 spiro atoms. The van der Waals surface area contributed by atoms with Gasteiger partial charge in [0.25, 0.3) is 0 Å². The zero-order chi connectivity index (χ0) is 37.2. The van der Waals surface area contributed by atoms with Gasteiger partial charge >= 0.3 is 0 Å². The number of aromatic nitrogens is 4. The molecule has 13 rings (SSSR count). The molecule has 0 bridgehead atoms. The highest BCUT2D eigenvalue weighted by Gasteiger charge is 2.23. The van der Waals surface area contributed by atoms with Crippen LogP contribution in [0.4, 0.5) is 0 Å². The minimum absolute atomic E-state index is 0.673. The predicted octanol–water partition coefficient (Wildman–Crippen LogP) is 14.0. The first kappa shape index (κ1) is 30.9. The predicted molar refractivity (Wildman–Crippen MR) is 236 cm³/mol. The Bertz CT molecular complexity index is 3760. The van der Waals surface area contributed by atoms with Crippen LogP contribution < -0.4 is 0 Å². The Morgan fingerprint density at radius 2 is 1.18 bits per heavy atom. The smallest absolute Gasteiger partial charge is 0.160 e. The first-order valence-electron chi connectivity index (χ1n) is 19.1. The lowest BCUT2D eigenvalue weighted by Gasteiger charge is -2.11. The largest absolute Gasteiger partial charge is 0.455 e. The molecular weight excluding hydrogens is 717 g/mol. The SMILES string of the molecule is c1ccc(-c2nc3cc4c5ccccc5n5c6ccc(-c7cccc(-c8nc(-c9cccc%10c9oc9ccccc9%10)c9ccccc9n8)c7)cc6c(c3s2)c45)cc1. The summed E-state index contributed by atoms with van der Waals surface area (Å²) in [6.07, 6.45) is 0. The van der Waals surface area contributed by atoms with E-state index in [1.165, 1.54) is 42.8 Å². The normalized spacial score (nSPS) is 12.2. The number of hydrogen-bond donors (Lipinski definition) is 0. The number of benzene rings is 8. The molecule has 0 unspecified atom stereocenters. The molecule has 0 saturated carbocycles. The van der Waals surface area contributed by atoms with Gasteiger partial charge in [-0.2, -0.15) is 0 Å². The number of rotatable bonds is 4. The van der Waals surface area contributed by atoms with Crippen LogP contribution in [0.3, 0.4) is 0 Å². The summed E-state index contributed by atoms with van der Waals surface area (Å²) in [4.78, 5) is 15.7. The van der Waals surface area contributed by atoms with Gasteiger partial charge in [0.05, 0.1) is 38.0 Å². The van der Waals surface area contributed by atoms with Crippen LogP contribution >= 0.6 is 11.3 Å². The maximum Gasteiger partial charge on any atom is 0.160 e. The molecule has 0 radical (unpaired) electrons.